The predicted octanol–water partition coefficient (Wildman–Crippen LogP) is 1.39. The van der Waals surface area contributed by atoms with E-state index in [-0.39, 0.29) is 5.91 Å². The number of piperidine rings is 1. The zero-order valence-electron chi connectivity index (χ0n) is 11.3. The van der Waals surface area contributed by atoms with Crippen molar-refractivity contribution in [2.75, 3.05) is 18.4 Å². The van der Waals surface area contributed by atoms with Crippen LogP contribution in [-0.4, -0.2) is 25.0 Å². The summed E-state index contributed by atoms with van der Waals surface area (Å²) in [6.07, 6.45) is 3.80. The molecule has 0 bridgehead atoms. The number of nitrogens with one attached hydrogen (secondary N) is 2. The van der Waals surface area contributed by atoms with Gasteiger partial charge in [0.05, 0.1) is 12.6 Å². The van der Waals surface area contributed by atoms with Crippen molar-refractivity contribution in [3.8, 4) is 0 Å². The number of hydrogen-bond acceptors (Lipinski definition) is 1. The van der Waals surface area contributed by atoms with E-state index in [1.165, 1.54) is 29.7 Å². The van der Waals surface area contributed by atoms with Gasteiger partial charge < -0.3 is 10.2 Å². The van der Waals surface area contributed by atoms with Crippen LogP contribution >= 0.6 is 0 Å². The molecule has 1 unspecified atom stereocenters. The minimum Gasteiger partial charge on any atom is -0.325 e. The van der Waals surface area contributed by atoms with Gasteiger partial charge in [0.15, 0.2) is 6.54 Å². The highest BCUT2D eigenvalue weighted by molar-refractivity contribution is 5.91. The summed E-state index contributed by atoms with van der Waals surface area (Å²) in [6.45, 7) is 6.00. The van der Waals surface area contributed by atoms with Crippen LogP contribution in [0.15, 0.2) is 24.3 Å². The van der Waals surface area contributed by atoms with E-state index in [0.29, 0.717) is 12.6 Å². The summed E-state index contributed by atoms with van der Waals surface area (Å²) < 4.78 is 0. The van der Waals surface area contributed by atoms with Crippen LogP contribution in [0.4, 0.5) is 5.69 Å². The molecule has 1 amide bonds. The third-order valence-corrected chi connectivity index (χ3v) is 3.77. The first kappa shape index (κ1) is 13.1. The molecule has 1 saturated heterocycles. The molecule has 3 heteroatoms. The van der Waals surface area contributed by atoms with Crippen LogP contribution in [0.1, 0.15) is 31.7 Å². The molecule has 3 nitrogen and oxygen atoms in total. The van der Waals surface area contributed by atoms with Gasteiger partial charge in [0, 0.05) is 5.69 Å². The number of carbonyl (C=O) groups is 1. The molecule has 0 radical (unpaired) electrons. The van der Waals surface area contributed by atoms with Crippen molar-refractivity contribution in [2.24, 2.45) is 0 Å². The van der Waals surface area contributed by atoms with Gasteiger partial charge in [-0.1, -0.05) is 12.1 Å². The average Bonchev–Trinajstić information content (AvgIpc) is 2.32. The fraction of sp³-hybridized carbons (Fsp3) is 0.533. The zero-order chi connectivity index (χ0) is 13.0. The molecular weight excluding hydrogens is 224 g/mol. The Kier molecular flexibility index (Phi) is 4.37. The van der Waals surface area contributed by atoms with E-state index in [1.807, 2.05) is 31.2 Å². The maximum Gasteiger partial charge on any atom is 0.279 e. The molecule has 0 spiro atoms. The van der Waals surface area contributed by atoms with Crippen LogP contribution < -0.4 is 10.2 Å². The molecule has 1 aromatic rings. The lowest BCUT2D eigenvalue weighted by Gasteiger charge is -2.29. The van der Waals surface area contributed by atoms with Gasteiger partial charge in [-0.05, 0) is 50.8 Å². The predicted molar refractivity (Wildman–Crippen MR) is 73.8 cm³/mol. The summed E-state index contributed by atoms with van der Waals surface area (Å²) in [5.74, 6) is 0.129. The van der Waals surface area contributed by atoms with E-state index < -0.39 is 0 Å². The summed E-state index contributed by atoms with van der Waals surface area (Å²) in [7, 11) is 0. The summed E-state index contributed by atoms with van der Waals surface area (Å²) in [5, 5.41) is 2.99. The average molecular weight is 247 g/mol. The van der Waals surface area contributed by atoms with Crippen molar-refractivity contribution in [1.82, 2.24) is 0 Å². The number of hydrogen-bond donors (Lipinski definition) is 2. The van der Waals surface area contributed by atoms with Crippen LogP contribution in [0.5, 0.6) is 0 Å². The lowest BCUT2D eigenvalue weighted by Crippen LogP contribution is -3.17. The number of amides is 1. The molecule has 18 heavy (non-hydrogen) atoms. The SMILES string of the molecule is Cc1cccc(NC(=O)C[NH+]2CCCC[C@@H]2C)c1. The Hall–Kier alpha value is -1.35. The van der Waals surface area contributed by atoms with E-state index >= 15 is 0 Å². The number of likely N-dealkylation sites (tertiary alicyclic amines) is 1. The summed E-state index contributed by atoms with van der Waals surface area (Å²) >= 11 is 0. The minimum atomic E-state index is 0.129. The molecule has 1 aliphatic heterocycles. The highest BCUT2D eigenvalue weighted by Gasteiger charge is 2.24. The Morgan fingerprint density at radius 2 is 2.28 bits per heavy atom. The van der Waals surface area contributed by atoms with Crippen molar-refractivity contribution < 1.29 is 9.69 Å². The normalized spacial score (nSPS) is 23.7. The van der Waals surface area contributed by atoms with Gasteiger partial charge in [0.1, 0.15) is 0 Å². The van der Waals surface area contributed by atoms with E-state index in [9.17, 15) is 4.79 Å². The Balaban J connectivity index is 1.88. The van der Waals surface area contributed by atoms with Crippen molar-refractivity contribution in [2.45, 2.75) is 39.2 Å². The van der Waals surface area contributed by atoms with Crippen LogP contribution in [0.25, 0.3) is 0 Å². The molecule has 0 saturated carbocycles. The molecule has 0 aromatic heterocycles. The van der Waals surface area contributed by atoms with E-state index in [2.05, 4.69) is 12.2 Å². The van der Waals surface area contributed by atoms with Gasteiger partial charge in [-0.3, -0.25) is 4.79 Å². The fourth-order valence-corrected chi connectivity index (χ4v) is 2.65. The number of carbonyl (C=O) groups excluding carboxylic acids is 1. The van der Waals surface area contributed by atoms with Gasteiger partial charge in [-0.25, -0.2) is 0 Å². The van der Waals surface area contributed by atoms with Crippen LogP contribution in [0.2, 0.25) is 0 Å². The number of aryl methyl sites for hydroxylation is 1. The minimum absolute atomic E-state index is 0.129. The highest BCUT2D eigenvalue weighted by Crippen LogP contribution is 2.09. The first-order valence-corrected chi connectivity index (χ1v) is 6.86. The lowest BCUT2D eigenvalue weighted by atomic mass is 10.0. The fourth-order valence-electron chi connectivity index (χ4n) is 2.65. The molecular formula is C15H23N2O+. The monoisotopic (exact) mass is 247 g/mol. The molecule has 2 N–H and O–H groups in total. The molecule has 1 fully saturated rings. The number of rotatable bonds is 3. The number of anilines is 1. The van der Waals surface area contributed by atoms with Gasteiger partial charge in [0.2, 0.25) is 0 Å². The smallest absolute Gasteiger partial charge is 0.279 e. The summed E-state index contributed by atoms with van der Waals surface area (Å²) in [4.78, 5) is 13.4. The first-order chi connectivity index (χ1) is 8.65. The molecule has 2 rings (SSSR count). The Bertz CT molecular complexity index is 417. The third kappa shape index (κ3) is 3.57. The Morgan fingerprint density at radius 1 is 1.44 bits per heavy atom. The van der Waals surface area contributed by atoms with Crippen LogP contribution in [0.3, 0.4) is 0 Å². The molecule has 0 aliphatic carbocycles. The van der Waals surface area contributed by atoms with E-state index in [1.54, 1.807) is 0 Å². The van der Waals surface area contributed by atoms with Crippen molar-refractivity contribution in [1.29, 1.82) is 0 Å². The van der Waals surface area contributed by atoms with Crippen LogP contribution in [-0.2, 0) is 4.79 Å². The van der Waals surface area contributed by atoms with Gasteiger partial charge in [-0.2, -0.15) is 0 Å². The summed E-state index contributed by atoms with van der Waals surface area (Å²) in [5.41, 5.74) is 2.08. The summed E-state index contributed by atoms with van der Waals surface area (Å²) in [6, 6.07) is 8.57. The second-order valence-electron chi connectivity index (χ2n) is 5.40. The third-order valence-electron chi connectivity index (χ3n) is 3.77. The van der Waals surface area contributed by atoms with Crippen LogP contribution in [0, 0.1) is 6.92 Å². The molecule has 98 valence electrons. The quantitative estimate of drug-likeness (QED) is 0.831. The van der Waals surface area contributed by atoms with E-state index in [0.717, 1.165) is 12.2 Å². The second-order valence-corrected chi connectivity index (χ2v) is 5.40. The zero-order valence-corrected chi connectivity index (χ0v) is 11.3. The number of quaternary nitrogens is 1. The van der Waals surface area contributed by atoms with Crippen molar-refractivity contribution in [3.63, 3.8) is 0 Å². The molecule has 1 aromatic carbocycles. The van der Waals surface area contributed by atoms with E-state index in [4.69, 9.17) is 0 Å². The molecule has 2 atom stereocenters. The standard InChI is InChI=1S/C15H22N2O/c1-12-6-5-8-14(10-12)16-15(18)11-17-9-4-3-7-13(17)2/h5-6,8,10,13H,3-4,7,9,11H2,1-2H3,(H,16,18)/p+1/t13-/m0/s1. The van der Waals surface area contributed by atoms with Crippen molar-refractivity contribution >= 4 is 11.6 Å². The first-order valence-electron chi connectivity index (χ1n) is 6.86. The Labute approximate surface area is 109 Å². The van der Waals surface area contributed by atoms with Gasteiger partial charge in [0.25, 0.3) is 5.91 Å². The number of benzene rings is 1. The molecule has 1 heterocycles. The van der Waals surface area contributed by atoms with Crippen molar-refractivity contribution in [3.05, 3.63) is 29.8 Å². The lowest BCUT2D eigenvalue weighted by molar-refractivity contribution is -0.920. The largest absolute Gasteiger partial charge is 0.325 e. The second kappa shape index (κ2) is 6.01. The maximum atomic E-state index is 12.0. The highest BCUT2D eigenvalue weighted by atomic mass is 16.2. The Morgan fingerprint density at radius 3 is 3.00 bits per heavy atom. The molecule has 1 aliphatic rings. The van der Waals surface area contributed by atoms with Gasteiger partial charge >= 0.3 is 0 Å². The van der Waals surface area contributed by atoms with Gasteiger partial charge in [-0.15, -0.1) is 0 Å². The maximum absolute atomic E-state index is 12.0. The topological polar surface area (TPSA) is 33.5 Å².